The first kappa shape index (κ1) is 17.3. The maximum Gasteiger partial charge on any atom is 0.257 e. The Morgan fingerprint density at radius 2 is 1.67 bits per heavy atom. The van der Waals surface area contributed by atoms with Crippen LogP contribution in [0.15, 0.2) is 60.8 Å². The average Bonchev–Trinajstić information content (AvgIpc) is 3.19. The molecule has 4 rings (SSSR count). The van der Waals surface area contributed by atoms with E-state index in [1.807, 2.05) is 65.7 Å². The zero-order chi connectivity index (χ0) is 18.6. The largest absolute Gasteiger partial charge is 0.496 e. The van der Waals surface area contributed by atoms with Gasteiger partial charge in [0.2, 0.25) is 0 Å². The van der Waals surface area contributed by atoms with Gasteiger partial charge in [0.15, 0.2) is 0 Å². The smallest absolute Gasteiger partial charge is 0.257 e. The number of hydrogen-bond acceptors (Lipinski definition) is 3. The molecular formula is C22H23N3O2. The number of benzene rings is 2. The number of carbonyl (C=O) groups excluding carboxylic acids is 1. The van der Waals surface area contributed by atoms with Gasteiger partial charge in [0.25, 0.3) is 5.91 Å². The van der Waals surface area contributed by atoms with Crippen LogP contribution < -0.4 is 4.74 Å². The Kier molecular flexibility index (Phi) is 4.92. The molecule has 0 unspecified atom stereocenters. The van der Waals surface area contributed by atoms with Gasteiger partial charge >= 0.3 is 0 Å². The molecule has 3 aromatic rings. The molecule has 1 fully saturated rings. The number of methoxy groups -OCH3 is 1. The number of ether oxygens (including phenoxy) is 1. The molecule has 1 saturated heterocycles. The number of piperidine rings is 1. The summed E-state index contributed by atoms with van der Waals surface area (Å²) in [6.07, 6.45) is 5.14. The Hall–Kier alpha value is -3.08. The van der Waals surface area contributed by atoms with E-state index in [1.54, 1.807) is 11.8 Å². The first-order valence-electron chi connectivity index (χ1n) is 9.35. The lowest BCUT2D eigenvalue weighted by atomic mass is 10.0. The Morgan fingerprint density at radius 3 is 2.41 bits per heavy atom. The fourth-order valence-electron chi connectivity index (χ4n) is 3.55. The van der Waals surface area contributed by atoms with Crippen LogP contribution in [0.3, 0.4) is 0 Å². The summed E-state index contributed by atoms with van der Waals surface area (Å²) < 4.78 is 7.30. The summed E-state index contributed by atoms with van der Waals surface area (Å²) in [7, 11) is 1.64. The van der Waals surface area contributed by atoms with E-state index in [1.165, 1.54) is 6.42 Å². The number of nitrogens with zero attached hydrogens (tertiary/aromatic N) is 3. The van der Waals surface area contributed by atoms with Crippen molar-refractivity contribution in [2.24, 2.45) is 0 Å². The first-order valence-corrected chi connectivity index (χ1v) is 9.35. The molecule has 138 valence electrons. The molecule has 2 heterocycles. The van der Waals surface area contributed by atoms with E-state index in [9.17, 15) is 4.79 Å². The van der Waals surface area contributed by atoms with Crippen LogP contribution in [0.2, 0.25) is 0 Å². The van der Waals surface area contributed by atoms with Crippen molar-refractivity contribution in [2.45, 2.75) is 19.3 Å². The maximum atomic E-state index is 13.3. The van der Waals surface area contributed by atoms with E-state index in [4.69, 9.17) is 9.84 Å². The van der Waals surface area contributed by atoms with Gasteiger partial charge in [0.05, 0.1) is 18.4 Å². The molecule has 2 aromatic carbocycles. The minimum Gasteiger partial charge on any atom is -0.496 e. The van der Waals surface area contributed by atoms with Gasteiger partial charge in [-0.05, 0) is 43.5 Å². The Bertz CT molecular complexity index is 928. The normalized spacial score (nSPS) is 14.2. The van der Waals surface area contributed by atoms with Gasteiger partial charge in [-0.25, -0.2) is 4.68 Å². The summed E-state index contributed by atoms with van der Waals surface area (Å²) in [4.78, 5) is 15.2. The van der Waals surface area contributed by atoms with Crippen molar-refractivity contribution in [1.82, 2.24) is 14.7 Å². The highest BCUT2D eigenvalue weighted by atomic mass is 16.5. The number of aromatic nitrogens is 2. The molecule has 5 heteroatoms. The van der Waals surface area contributed by atoms with Crippen LogP contribution in [0.5, 0.6) is 5.75 Å². The minimum atomic E-state index is 0.0396. The van der Waals surface area contributed by atoms with Gasteiger partial charge in [0, 0.05) is 24.8 Å². The molecule has 0 N–H and O–H groups in total. The Morgan fingerprint density at radius 1 is 0.963 bits per heavy atom. The Labute approximate surface area is 159 Å². The molecule has 1 amide bonds. The third kappa shape index (κ3) is 3.45. The van der Waals surface area contributed by atoms with Crippen molar-refractivity contribution >= 4 is 5.91 Å². The van der Waals surface area contributed by atoms with Crippen molar-refractivity contribution in [3.05, 3.63) is 66.4 Å². The molecule has 0 radical (unpaired) electrons. The number of hydrogen-bond donors (Lipinski definition) is 0. The molecule has 1 aliphatic heterocycles. The van der Waals surface area contributed by atoms with Crippen LogP contribution in [-0.4, -0.2) is 40.8 Å². The van der Waals surface area contributed by atoms with Gasteiger partial charge < -0.3 is 9.64 Å². The minimum absolute atomic E-state index is 0.0396. The second-order valence-corrected chi connectivity index (χ2v) is 6.72. The van der Waals surface area contributed by atoms with Crippen molar-refractivity contribution in [1.29, 1.82) is 0 Å². The SMILES string of the molecule is COc1ccccc1-c1nn(-c2ccccc2)cc1C(=O)N1CCCCC1. The molecular weight excluding hydrogens is 338 g/mol. The molecule has 0 aliphatic carbocycles. The number of rotatable bonds is 4. The summed E-state index contributed by atoms with van der Waals surface area (Å²) in [6.45, 7) is 1.61. The summed E-state index contributed by atoms with van der Waals surface area (Å²) >= 11 is 0. The third-order valence-corrected chi connectivity index (χ3v) is 4.97. The van der Waals surface area contributed by atoms with Crippen LogP contribution in [-0.2, 0) is 0 Å². The van der Waals surface area contributed by atoms with Crippen LogP contribution in [0.25, 0.3) is 16.9 Å². The van der Waals surface area contributed by atoms with E-state index in [2.05, 4.69) is 0 Å². The predicted molar refractivity (Wildman–Crippen MR) is 105 cm³/mol. The lowest BCUT2D eigenvalue weighted by molar-refractivity contribution is 0.0725. The first-order chi connectivity index (χ1) is 13.3. The van der Waals surface area contributed by atoms with Gasteiger partial charge in [-0.2, -0.15) is 5.10 Å². The molecule has 1 aromatic heterocycles. The van der Waals surface area contributed by atoms with E-state index in [0.29, 0.717) is 17.0 Å². The molecule has 5 nitrogen and oxygen atoms in total. The Balaban J connectivity index is 1.82. The quantitative estimate of drug-likeness (QED) is 0.701. The predicted octanol–water partition coefficient (Wildman–Crippen LogP) is 4.17. The number of carbonyl (C=O) groups is 1. The van der Waals surface area contributed by atoms with Gasteiger partial charge in [-0.1, -0.05) is 30.3 Å². The average molecular weight is 361 g/mol. The summed E-state index contributed by atoms with van der Waals surface area (Å²) in [5.41, 5.74) is 3.03. The zero-order valence-corrected chi connectivity index (χ0v) is 15.5. The van der Waals surface area contributed by atoms with E-state index in [-0.39, 0.29) is 5.91 Å². The highest BCUT2D eigenvalue weighted by Gasteiger charge is 2.25. The zero-order valence-electron chi connectivity index (χ0n) is 15.5. The molecule has 0 saturated carbocycles. The van der Waals surface area contributed by atoms with Crippen molar-refractivity contribution in [3.63, 3.8) is 0 Å². The van der Waals surface area contributed by atoms with Crippen molar-refractivity contribution in [2.75, 3.05) is 20.2 Å². The fourth-order valence-corrected chi connectivity index (χ4v) is 3.55. The van der Waals surface area contributed by atoms with Crippen LogP contribution >= 0.6 is 0 Å². The standard InChI is InChI=1S/C22H23N3O2/c1-27-20-13-7-6-12-18(20)21-19(22(26)24-14-8-3-9-15-24)16-25(23-21)17-10-4-2-5-11-17/h2,4-7,10-13,16H,3,8-9,14-15H2,1H3. The van der Waals surface area contributed by atoms with Crippen LogP contribution in [0.1, 0.15) is 29.6 Å². The molecule has 0 bridgehead atoms. The van der Waals surface area contributed by atoms with Crippen molar-refractivity contribution in [3.8, 4) is 22.7 Å². The topological polar surface area (TPSA) is 47.4 Å². The summed E-state index contributed by atoms with van der Waals surface area (Å²) in [5.74, 6) is 0.751. The van der Waals surface area contributed by atoms with Crippen molar-refractivity contribution < 1.29 is 9.53 Å². The lowest BCUT2D eigenvalue weighted by Gasteiger charge is -2.26. The third-order valence-electron chi connectivity index (χ3n) is 4.97. The highest BCUT2D eigenvalue weighted by molar-refractivity contribution is 6.00. The second kappa shape index (κ2) is 7.66. The second-order valence-electron chi connectivity index (χ2n) is 6.72. The number of para-hydroxylation sites is 2. The monoisotopic (exact) mass is 361 g/mol. The molecule has 27 heavy (non-hydrogen) atoms. The van der Waals surface area contributed by atoms with Crippen LogP contribution in [0, 0.1) is 0 Å². The van der Waals surface area contributed by atoms with E-state index >= 15 is 0 Å². The summed E-state index contributed by atoms with van der Waals surface area (Å²) in [5, 5.41) is 4.76. The van der Waals surface area contributed by atoms with Gasteiger partial charge in [-0.3, -0.25) is 4.79 Å². The molecule has 0 atom stereocenters. The number of likely N-dealkylation sites (tertiary alicyclic amines) is 1. The molecule has 0 spiro atoms. The van der Waals surface area contributed by atoms with E-state index < -0.39 is 0 Å². The fraction of sp³-hybridized carbons (Fsp3) is 0.273. The lowest BCUT2D eigenvalue weighted by Crippen LogP contribution is -2.35. The summed E-state index contributed by atoms with van der Waals surface area (Å²) in [6, 6.07) is 17.6. The number of amides is 1. The maximum absolute atomic E-state index is 13.3. The van der Waals surface area contributed by atoms with Crippen LogP contribution in [0.4, 0.5) is 0 Å². The molecule has 1 aliphatic rings. The van der Waals surface area contributed by atoms with E-state index in [0.717, 1.165) is 37.2 Å². The van der Waals surface area contributed by atoms with Gasteiger partial charge in [0.1, 0.15) is 11.4 Å². The van der Waals surface area contributed by atoms with Gasteiger partial charge in [-0.15, -0.1) is 0 Å². The highest BCUT2D eigenvalue weighted by Crippen LogP contribution is 2.32.